The number of pyridine rings is 3. The smallest absolute Gasteiger partial charge is 0.216 e. The molecule has 4 aromatic heterocycles. The quantitative estimate of drug-likeness (QED) is 0.123. The Morgan fingerprint density at radius 2 is 1.55 bits per heavy atom. The van der Waals surface area contributed by atoms with E-state index in [0.717, 1.165) is 45.3 Å². The molecule has 0 saturated carbocycles. The molecule has 0 saturated heterocycles. The summed E-state index contributed by atoms with van der Waals surface area (Å²) in [5.41, 5.74) is 8.11. The van der Waals surface area contributed by atoms with Crippen molar-refractivity contribution >= 4 is 39.7 Å². The predicted octanol–water partition coefficient (Wildman–Crippen LogP) is 11.7. The van der Waals surface area contributed by atoms with E-state index in [1.807, 2.05) is 42.5 Å². The standard InChI is InChI=1S/C27H21F2N2O.C18H24GeN.Ir/c1-15-21(28)12-16(13-22(15)29)23-9-8-19-18-6-5-7-20(25(18)32-26(19)31-23)24-14-17(10-11-30-24)27(2,3)4;1-14(2)11-16-12-18(15-9-7-6-8-10-15)20-13-17(16)19(3,4)5;/h5-6,8-14H,1-4H3;6-9,12-14H,11H2,1-5H3;/q2*-1;. The minimum absolute atomic E-state index is 0. The Hall–Kier alpha value is -4.04. The van der Waals surface area contributed by atoms with E-state index >= 15 is 0 Å². The van der Waals surface area contributed by atoms with Gasteiger partial charge in [-0.25, -0.2) is 13.8 Å². The first-order chi connectivity index (χ1) is 24.6. The summed E-state index contributed by atoms with van der Waals surface area (Å²) in [4.78, 5) is 13.8. The molecule has 0 amide bonds. The van der Waals surface area contributed by atoms with Crippen LogP contribution in [0.2, 0.25) is 17.3 Å². The van der Waals surface area contributed by atoms with Gasteiger partial charge in [0.15, 0.2) is 0 Å². The third-order valence-corrected chi connectivity index (χ3v) is 13.5. The maximum absolute atomic E-state index is 14.1. The Labute approximate surface area is 328 Å². The molecule has 0 N–H and O–H groups in total. The summed E-state index contributed by atoms with van der Waals surface area (Å²) in [6.07, 6.45) is 5.07. The molecule has 0 bridgehead atoms. The van der Waals surface area contributed by atoms with Gasteiger partial charge in [0.2, 0.25) is 5.71 Å². The number of rotatable bonds is 6. The second kappa shape index (κ2) is 16.1. The van der Waals surface area contributed by atoms with Crippen LogP contribution in [0.5, 0.6) is 0 Å². The Balaban J connectivity index is 0.000000223. The molecule has 3 aromatic carbocycles. The van der Waals surface area contributed by atoms with E-state index in [2.05, 4.69) is 98.4 Å². The maximum Gasteiger partial charge on any atom is 0.216 e. The van der Waals surface area contributed by atoms with E-state index in [1.54, 1.807) is 16.7 Å². The summed E-state index contributed by atoms with van der Waals surface area (Å²) in [6, 6.07) is 30.9. The Bertz CT molecular complexity index is 2350. The van der Waals surface area contributed by atoms with Gasteiger partial charge in [-0.2, -0.15) is 0 Å². The van der Waals surface area contributed by atoms with E-state index in [4.69, 9.17) is 9.40 Å². The van der Waals surface area contributed by atoms with Gasteiger partial charge in [-0.1, -0.05) is 37.8 Å². The van der Waals surface area contributed by atoms with E-state index in [-0.39, 0.29) is 31.1 Å². The molecule has 0 aliphatic carbocycles. The van der Waals surface area contributed by atoms with Crippen LogP contribution < -0.4 is 4.40 Å². The van der Waals surface area contributed by atoms with Gasteiger partial charge < -0.3 is 9.40 Å². The second-order valence-corrected chi connectivity index (χ2v) is 26.4. The largest absolute Gasteiger partial charge is 0.486 e. The van der Waals surface area contributed by atoms with Crippen LogP contribution in [0.1, 0.15) is 51.3 Å². The average Bonchev–Trinajstić information content (AvgIpc) is 3.48. The molecule has 53 heavy (non-hydrogen) atoms. The third-order valence-electron chi connectivity index (χ3n) is 9.17. The fourth-order valence-corrected chi connectivity index (χ4v) is 9.62. The van der Waals surface area contributed by atoms with Crippen LogP contribution in [-0.2, 0) is 31.9 Å². The van der Waals surface area contributed by atoms with Gasteiger partial charge >= 0.3 is 126 Å². The molecule has 0 aliphatic heterocycles. The zero-order chi connectivity index (χ0) is 37.4. The number of aromatic nitrogens is 3. The molecule has 7 rings (SSSR count). The molecule has 0 fully saturated rings. The molecule has 0 atom stereocenters. The molecule has 8 heteroatoms. The van der Waals surface area contributed by atoms with Crippen LogP contribution in [-0.4, -0.2) is 28.2 Å². The molecule has 0 aliphatic rings. The number of halogens is 2. The SMILES string of the molecule is CC(C)Cc1cc(-c2[c-]cccc2)nc[c]1[Ge]([CH3])([CH3])[CH3].Cc1c(F)cc(-c2ccc3c(n2)oc2c(-c4cc(C(C)(C)C)ccn4)[c-]ccc23)cc1F.[Ir]. The minimum Gasteiger partial charge on any atom is -0.486 e. The molecule has 4 heterocycles. The minimum atomic E-state index is -1.86. The number of hydrogen-bond donors (Lipinski definition) is 0. The van der Waals surface area contributed by atoms with Gasteiger partial charge in [0.05, 0.1) is 11.3 Å². The summed E-state index contributed by atoms with van der Waals surface area (Å²) in [7, 11) is 0. The first kappa shape index (κ1) is 40.2. The molecule has 0 spiro atoms. The van der Waals surface area contributed by atoms with Crippen molar-refractivity contribution in [2.45, 2.75) is 70.6 Å². The van der Waals surface area contributed by atoms with Gasteiger partial charge in [-0.3, -0.25) is 0 Å². The van der Waals surface area contributed by atoms with Gasteiger partial charge in [0.25, 0.3) is 0 Å². The number of nitrogens with zero attached hydrogens (tertiary/aromatic N) is 3. The summed E-state index contributed by atoms with van der Waals surface area (Å²) < 4.78 is 35.8. The van der Waals surface area contributed by atoms with Crippen LogP contribution >= 0.6 is 0 Å². The Morgan fingerprint density at radius 1 is 0.811 bits per heavy atom. The van der Waals surface area contributed by atoms with Crippen LogP contribution in [0.3, 0.4) is 0 Å². The number of fused-ring (bicyclic) bond motifs is 3. The van der Waals surface area contributed by atoms with E-state index < -0.39 is 24.9 Å². The summed E-state index contributed by atoms with van der Waals surface area (Å²) >= 11 is -1.86. The second-order valence-electron chi connectivity index (χ2n) is 15.8. The van der Waals surface area contributed by atoms with Crippen LogP contribution in [0, 0.1) is 36.6 Å². The van der Waals surface area contributed by atoms with Crippen molar-refractivity contribution in [3.05, 3.63) is 132 Å². The summed E-state index contributed by atoms with van der Waals surface area (Å²) in [5, 5.41) is 1.70. The van der Waals surface area contributed by atoms with Gasteiger partial charge in [0.1, 0.15) is 11.6 Å². The molecule has 7 aromatic rings. The topological polar surface area (TPSA) is 51.8 Å². The zero-order valence-electron chi connectivity index (χ0n) is 31.8. The van der Waals surface area contributed by atoms with Crippen molar-refractivity contribution in [2.24, 2.45) is 5.92 Å². The van der Waals surface area contributed by atoms with Crippen molar-refractivity contribution in [1.29, 1.82) is 0 Å². The molecule has 275 valence electrons. The van der Waals surface area contributed by atoms with Crippen LogP contribution in [0.25, 0.3) is 55.8 Å². The van der Waals surface area contributed by atoms with Crippen molar-refractivity contribution in [3.8, 4) is 33.8 Å². The fourth-order valence-electron chi connectivity index (χ4n) is 6.28. The van der Waals surface area contributed by atoms with Crippen molar-refractivity contribution in [3.63, 3.8) is 0 Å². The first-order valence-corrected chi connectivity index (χ1v) is 25.1. The van der Waals surface area contributed by atoms with Crippen LogP contribution in [0.15, 0.2) is 95.7 Å². The van der Waals surface area contributed by atoms with Crippen molar-refractivity contribution in [1.82, 2.24) is 15.0 Å². The number of benzene rings is 3. The maximum atomic E-state index is 14.1. The number of furan rings is 1. The summed E-state index contributed by atoms with van der Waals surface area (Å²) in [5.74, 6) is 6.79. The molecule has 4 nitrogen and oxygen atoms in total. The monoisotopic (exact) mass is 948 g/mol. The van der Waals surface area contributed by atoms with E-state index in [1.165, 1.54) is 24.6 Å². The molecule has 1 radical (unpaired) electrons. The molecular formula is C45H45F2GeIrN3O-2. The van der Waals surface area contributed by atoms with E-state index in [9.17, 15) is 8.78 Å². The summed E-state index contributed by atoms with van der Waals surface area (Å²) in [6.45, 7) is 12.4. The van der Waals surface area contributed by atoms with Gasteiger partial charge in [-0.05, 0) is 53.9 Å². The average molecular weight is 947 g/mol. The van der Waals surface area contributed by atoms with Gasteiger partial charge in [0, 0.05) is 42.8 Å². The Morgan fingerprint density at radius 3 is 2.19 bits per heavy atom. The molecular weight excluding hydrogens is 901 g/mol. The van der Waals surface area contributed by atoms with Gasteiger partial charge in [-0.15, -0.1) is 18.2 Å². The third kappa shape index (κ3) is 9.02. The van der Waals surface area contributed by atoms with E-state index in [0.29, 0.717) is 28.5 Å². The Kier molecular flexibility index (Phi) is 12.2. The van der Waals surface area contributed by atoms with Crippen molar-refractivity contribution < 1.29 is 33.3 Å². The first-order valence-electron chi connectivity index (χ1n) is 17.7. The fraction of sp³-hybridized carbons (Fsp3) is 0.267. The normalized spacial score (nSPS) is 11.8. The predicted molar refractivity (Wildman–Crippen MR) is 212 cm³/mol. The van der Waals surface area contributed by atoms with Crippen molar-refractivity contribution in [2.75, 3.05) is 0 Å². The molecule has 0 unspecified atom stereocenters. The van der Waals surface area contributed by atoms with Crippen LogP contribution in [0.4, 0.5) is 8.78 Å². The number of hydrogen-bond acceptors (Lipinski definition) is 4. The zero-order valence-corrected chi connectivity index (χ0v) is 36.3.